The topological polar surface area (TPSA) is 53.0 Å². The van der Waals surface area contributed by atoms with Crippen LogP contribution in [0.3, 0.4) is 0 Å². The van der Waals surface area contributed by atoms with E-state index in [9.17, 15) is 14.3 Å². The number of nitrogens with zero attached hydrogens (tertiary/aromatic N) is 2. The number of amides is 1. The Hall–Kier alpha value is -1.50. The first-order valence-corrected chi connectivity index (χ1v) is 10.9. The Morgan fingerprint density at radius 2 is 2.07 bits per heavy atom. The van der Waals surface area contributed by atoms with Crippen molar-refractivity contribution >= 4 is 5.91 Å². The van der Waals surface area contributed by atoms with E-state index in [1.54, 1.807) is 19.1 Å². The highest BCUT2D eigenvalue weighted by atomic mass is 19.1. The predicted octanol–water partition coefficient (Wildman–Crippen LogP) is 2.85. The molecule has 1 N–H and O–H groups in total. The van der Waals surface area contributed by atoms with Crippen LogP contribution in [0, 0.1) is 24.1 Å². The van der Waals surface area contributed by atoms with Gasteiger partial charge in [0, 0.05) is 31.7 Å². The highest BCUT2D eigenvalue weighted by Crippen LogP contribution is 2.42. The molecule has 1 amide bonds. The first kappa shape index (κ1) is 20.8. The van der Waals surface area contributed by atoms with Crippen molar-refractivity contribution in [2.45, 2.75) is 51.7 Å². The second-order valence-electron chi connectivity index (χ2n) is 9.49. The largest absolute Gasteiger partial charge is 0.392 e. The molecule has 6 heteroatoms. The van der Waals surface area contributed by atoms with E-state index in [4.69, 9.17) is 4.74 Å². The summed E-state index contributed by atoms with van der Waals surface area (Å²) >= 11 is 0. The van der Waals surface area contributed by atoms with Crippen LogP contribution in [-0.4, -0.2) is 72.4 Å². The Kier molecular flexibility index (Phi) is 5.96. The average Bonchev–Trinajstić information content (AvgIpc) is 3.09. The van der Waals surface area contributed by atoms with E-state index in [0.717, 1.165) is 51.9 Å². The molecule has 1 aromatic carbocycles. The molecule has 160 valence electrons. The molecule has 1 unspecified atom stereocenters. The number of hydrogen-bond donors (Lipinski definition) is 1. The van der Waals surface area contributed by atoms with Gasteiger partial charge in [0.1, 0.15) is 5.82 Å². The third-order valence-electron chi connectivity index (χ3n) is 7.28. The van der Waals surface area contributed by atoms with Gasteiger partial charge in [-0.3, -0.25) is 9.69 Å². The van der Waals surface area contributed by atoms with Crippen LogP contribution in [0.1, 0.15) is 48.5 Å². The number of β-amino-alcohol motifs (C(OH)–C–C–N with tert-alkyl or cyclic N) is 1. The minimum Gasteiger partial charge on any atom is -0.392 e. The summed E-state index contributed by atoms with van der Waals surface area (Å²) in [6, 6.07) is 4.74. The highest BCUT2D eigenvalue weighted by molar-refractivity contribution is 5.94. The third-order valence-corrected chi connectivity index (χ3v) is 7.28. The van der Waals surface area contributed by atoms with E-state index in [1.165, 1.54) is 6.07 Å². The van der Waals surface area contributed by atoms with Gasteiger partial charge < -0.3 is 14.7 Å². The quantitative estimate of drug-likeness (QED) is 0.842. The van der Waals surface area contributed by atoms with Gasteiger partial charge in [-0.2, -0.15) is 0 Å². The number of piperidine rings is 2. The molecule has 5 nitrogen and oxygen atoms in total. The molecule has 3 saturated heterocycles. The first-order chi connectivity index (χ1) is 13.8. The van der Waals surface area contributed by atoms with Crippen LogP contribution in [0.25, 0.3) is 0 Å². The molecule has 3 aliphatic rings. The molecular formula is C23H33FN2O3. The van der Waals surface area contributed by atoms with Gasteiger partial charge in [0.2, 0.25) is 0 Å². The van der Waals surface area contributed by atoms with Gasteiger partial charge >= 0.3 is 0 Å². The van der Waals surface area contributed by atoms with Gasteiger partial charge in [-0.1, -0.05) is 13.0 Å². The molecule has 3 fully saturated rings. The number of halogens is 1. The molecule has 0 bridgehead atoms. The number of carbonyl (C=O) groups excluding carboxylic acids is 1. The molecule has 3 atom stereocenters. The van der Waals surface area contributed by atoms with E-state index in [-0.39, 0.29) is 29.3 Å². The highest BCUT2D eigenvalue weighted by Gasteiger charge is 2.43. The molecule has 0 radical (unpaired) electrons. The summed E-state index contributed by atoms with van der Waals surface area (Å²) in [6.07, 6.45) is 3.91. The van der Waals surface area contributed by atoms with Crippen LogP contribution in [0.4, 0.5) is 4.39 Å². The number of ether oxygens (including phenoxy) is 1. The lowest BCUT2D eigenvalue weighted by atomic mass is 9.76. The molecule has 0 saturated carbocycles. The second kappa shape index (κ2) is 8.32. The van der Waals surface area contributed by atoms with Gasteiger partial charge in [0.25, 0.3) is 5.91 Å². The van der Waals surface area contributed by atoms with Gasteiger partial charge in [-0.15, -0.1) is 0 Å². The molecule has 0 aromatic heterocycles. The maximum absolute atomic E-state index is 13.8. The number of rotatable bonds is 3. The van der Waals surface area contributed by atoms with Gasteiger partial charge in [0.05, 0.1) is 18.8 Å². The fourth-order valence-electron chi connectivity index (χ4n) is 5.02. The van der Waals surface area contributed by atoms with Gasteiger partial charge in [0.15, 0.2) is 0 Å². The molecule has 3 heterocycles. The maximum atomic E-state index is 13.8. The van der Waals surface area contributed by atoms with Crippen LogP contribution in [-0.2, 0) is 4.74 Å². The zero-order valence-corrected chi connectivity index (χ0v) is 17.6. The van der Waals surface area contributed by atoms with E-state index in [0.29, 0.717) is 30.1 Å². The van der Waals surface area contributed by atoms with Crippen molar-refractivity contribution in [3.63, 3.8) is 0 Å². The molecule has 1 aromatic rings. The summed E-state index contributed by atoms with van der Waals surface area (Å²) in [5.41, 5.74) is 1.15. The molecule has 1 spiro atoms. The predicted molar refractivity (Wildman–Crippen MR) is 109 cm³/mol. The van der Waals surface area contributed by atoms with Crippen LogP contribution in [0.2, 0.25) is 0 Å². The Morgan fingerprint density at radius 3 is 2.76 bits per heavy atom. The maximum Gasteiger partial charge on any atom is 0.253 e. The summed E-state index contributed by atoms with van der Waals surface area (Å²) in [5.74, 6) is -0.0230. The number of likely N-dealkylation sites (tertiary alicyclic amines) is 2. The van der Waals surface area contributed by atoms with Gasteiger partial charge in [-0.25, -0.2) is 4.39 Å². The first-order valence-electron chi connectivity index (χ1n) is 10.9. The van der Waals surface area contributed by atoms with E-state index in [2.05, 4.69) is 11.8 Å². The van der Waals surface area contributed by atoms with Crippen molar-refractivity contribution in [1.29, 1.82) is 0 Å². The molecule has 0 aliphatic carbocycles. The normalized spacial score (nSPS) is 30.1. The van der Waals surface area contributed by atoms with Crippen LogP contribution < -0.4 is 0 Å². The minimum atomic E-state index is -0.325. The fraction of sp³-hybridized carbons (Fsp3) is 0.696. The van der Waals surface area contributed by atoms with Crippen molar-refractivity contribution in [3.05, 3.63) is 35.1 Å². The van der Waals surface area contributed by atoms with Crippen LogP contribution in [0.15, 0.2) is 18.2 Å². The number of aliphatic hydroxyl groups excluding tert-OH is 1. The molecular weight excluding hydrogens is 371 g/mol. The van der Waals surface area contributed by atoms with Crippen molar-refractivity contribution < 1.29 is 19.0 Å². The number of aliphatic hydroxyl groups is 1. The lowest BCUT2D eigenvalue weighted by Crippen LogP contribution is -2.46. The summed E-state index contributed by atoms with van der Waals surface area (Å²) in [4.78, 5) is 16.9. The SMILES string of the molecule is Cc1ccc(C(=O)N2CCC3(CC2)COC(CN2CC[C@@H](C)[C@H](O)C2)C3)cc1F. The molecule has 3 aliphatic heterocycles. The summed E-state index contributed by atoms with van der Waals surface area (Å²) in [5, 5.41) is 10.1. The second-order valence-corrected chi connectivity index (χ2v) is 9.49. The van der Waals surface area contributed by atoms with E-state index >= 15 is 0 Å². The zero-order chi connectivity index (χ0) is 20.6. The van der Waals surface area contributed by atoms with Crippen molar-refractivity contribution in [1.82, 2.24) is 9.80 Å². The number of benzene rings is 1. The smallest absolute Gasteiger partial charge is 0.253 e. The Labute approximate surface area is 172 Å². The van der Waals surface area contributed by atoms with Gasteiger partial charge in [-0.05, 0) is 68.2 Å². The van der Waals surface area contributed by atoms with Crippen LogP contribution >= 0.6 is 0 Å². The summed E-state index contributed by atoms with van der Waals surface area (Å²) in [6.45, 7) is 8.63. The lowest BCUT2D eigenvalue weighted by Gasteiger charge is -2.39. The number of hydrogen-bond acceptors (Lipinski definition) is 4. The Bertz CT molecular complexity index is 748. The third kappa shape index (κ3) is 4.49. The Morgan fingerprint density at radius 1 is 1.31 bits per heavy atom. The molecule has 4 rings (SSSR count). The minimum absolute atomic E-state index is 0.0781. The van der Waals surface area contributed by atoms with Crippen molar-refractivity contribution in [2.75, 3.05) is 39.3 Å². The van der Waals surface area contributed by atoms with Crippen LogP contribution in [0.5, 0.6) is 0 Å². The number of aryl methyl sites for hydroxylation is 1. The van der Waals surface area contributed by atoms with Crippen molar-refractivity contribution in [3.8, 4) is 0 Å². The zero-order valence-electron chi connectivity index (χ0n) is 17.6. The lowest BCUT2D eigenvalue weighted by molar-refractivity contribution is 0.000908. The summed E-state index contributed by atoms with van der Waals surface area (Å²) in [7, 11) is 0. The Balaban J connectivity index is 1.29. The average molecular weight is 405 g/mol. The summed E-state index contributed by atoms with van der Waals surface area (Å²) < 4.78 is 20.0. The molecule has 29 heavy (non-hydrogen) atoms. The fourth-order valence-corrected chi connectivity index (χ4v) is 5.02. The van der Waals surface area contributed by atoms with E-state index < -0.39 is 0 Å². The van der Waals surface area contributed by atoms with Crippen molar-refractivity contribution in [2.24, 2.45) is 11.3 Å². The van der Waals surface area contributed by atoms with E-state index in [1.807, 2.05) is 4.90 Å². The standard InChI is InChI=1S/C23H33FN2O3/c1-16-3-4-18(11-20(16)24)22(28)26-9-6-23(7-10-26)12-19(29-15-23)13-25-8-5-17(2)21(27)14-25/h3-4,11,17,19,21,27H,5-10,12-15H2,1-2H3/t17-,19?,21-/m1/s1. The number of carbonyl (C=O) groups is 1. The monoisotopic (exact) mass is 404 g/mol.